The number of rotatable bonds is 0. The van der Waals surface area contributed by atoms with Crippen molar-refractivity contribution in [3.8, 4) is 0 Å². The van der Waals surface area contributed by atoms with Crippen molar-refractivity contribution in [3.63, 3.8) is 0 Å². The maximum Gasteiger partial charge on any atom is 0.251 e. The second-order valence-electron chi connectivity index (χ2n) is 3.08. The van der Waals surface area contributed by atoms with Gasteiger partial charge in [-0.3, -0.25) is 4.79 Å². The monoisotopic (exact) mass is 151 g/mol. The third kappa shape index (κ3) is 1.20. The van der Waals surface area contributed by atoms with Crippen molar-refractivity contribution in [1.29, 1.82) is 0 Å². The molecular formula is C9H13NO. The van der Waals surface area contributed by atoms with Crippen LogP contribution < -0.4 is 5.32 Å². The number of nitrogens with one attached hydrogen (secondary N) is 1. The summed E-state index contributed by atoms with van der Waals surface area (Å²) in [5, 5.41) is 2.82. The number of hydrogen-bond acceptors (Lipinski definition) is 1. The molecule has 0 atom stereocenters. The highest BCUT2D eigenvalue weighted by atomic mass is 16.1. The molecule has 0 aromatic heterocycles. The molecule has 0 unspecified atom stereocenters. The normalized spacial score (nSPS) is 17.5. The largest absolute Gasteiger partial charge is 0.322 e. The lowest BCUT2D eigenvalue weighted by Gasteiger charge is -2.01. The van der Waals surface area contributed by atoms with Crippen molar-refractivity contribution in [3.05, 3.63) is 22.4 Å². The Hall–Kier alpha value is -1.05. The standard InChI is InChI=1S/C9H13NO/c1-5(2)8-6(3)7(4)9(11)10-8/h1-4H3,(H,10,11). The average Bonchev–Trinajstić information content (AvgIpc) is 2.17. The molecule has 1 aliphatic heterocycles. The Labute approximate surface area is 67.0 Å². The van der Waals surface area contributed by atoms with E-state index in [-0.39, 0.29) is 5.91 Å². The lowest BCUT2D eigenvalue weighted by molar-refractivity contribution is -0.116. The van der Waals surface area contributed by atoms with Gasteiger partial charge in [-0.2, -0.15) is 0 Å². The Morgan fingerprint density at radius 1 is 1.18 bits per heavy atom. The van der Waals surface area contributed by atoms with E-state index in [4.69, 9.17) is 0 Å². The van der Waals surface area contributed by atoms with E-state index in [1.807, 2.05) is 27.7 Å². The van der Waals surface area contributed by atoms with Crippen LogP contribution in [0, 0.1) is 0 Å². The van der Waals surface area contributed by atoms with E-state index in [0.717, 1.165) is 22.4 Å². The minimum Gasteiger partial charge on any atom is -0.322 e. The van der Waals surface area contributed by atoms with Crippen molar-refractivity contribution >= 4 is 5.91 Å². The number of carbonyl (C=O) groups excluding carboxylic acids is 1. The van der Waals surface area contributed by atoms with Crippen molar-refractivity contribution in [2.75, 3.05) is 0 Å². The molecule has 0 bridgehead atoms. The molecule has 60 valence electrons. The fraction of sp³-hybridized carbons (Fsp3) is 0.444. The molecule has 0 saturated carbocycles. The number of amides is 1. The molecule has 0 fully saturated rings. The first kappa shape index (κ1) is 8.05. The van der Waals surface area contributed by atoms with Crippen LogP contribution in [-0.4, -0.2) is 5.91 Å². The van der Waals surface area contributed by atoms with Crippen LogP contribution in [0.4, 0.5) is 0 Å². The molecule has 0 aromatic rings. The van der Waals surface area contributed by atoms with Gasteiger partial charge in [0, 0.05) is 11.3 Å². The number of carbonyl (C=O) groups is 1. The summed E-state index contributed by atoms with van der Waals surface area (Å²) in [6, 6.07) is 0. The molecule has 2 heteroatoms. The molecule has 0 saturated heterocycles. The van der Waals surface area contributed by atoms with Crippen LogP contribution in [0.2, 0.25) is 0 Å². The van der Waals surface area contributed by atoms with Gasteiger partial charge in [-0.25, -0.2) is 0 Å². The van der Waals surface area contributed by atoms with E-state index >= 15 is 0 Å². The van der Waals surface area contributed by atoms with Crippen LogP contribution in [0.3, 0.4) is 0 Å². The van der Waals surface area contributed by atoms with Crippen LogP contribution >= 0.6 is 0 Å². The highest BCUT2D eigenvalue weighted by molar-refractivity contribution is 5.99. The maximum absolute atomic E-state index is 11.1. The lowest BCUT2D eigenvalue weighted by atomic mass is 10.1. The van der Waals surface area contributed by atoms with Gasteiger partial charge in [-0.05, 0) is 33.3 Å². The van der Waals surface area contributed by atoms with Crippen molar-refractivity contribution in [2.45, 2.75) is 27.7 Å². The van der Waals surface area contributed by atoms with Crippen molar-refractivity contribution in [2.24, 2.45) is 0 Å². The van der Waals surface area contributed by atoms with Crippen LogP contribution in [-0.2, 0) is 4.79 Å². The van der Waals surface area contributed by atoms with Gasteiger partial charge in [-0.15, -0.1) is 0 Å². The molecule has 2 nitrogen and oxygen atoms in total. The first-order valence-electron chi connectivity index (χ1n) is 3.70. The second kappa shape index (κ2) is 2.53. The van der Waals surface area contributed by atoms with Crippen molar-refractivity contribution in [1.82, 2.24) is 5.32 Å². The highest BCUT2D eigenvalue weighted by Gasteiger charge is 2.20. The summed E-state index contributed by atoms with van der Waals surface area (Å²) in [7, 11) is 0. The summed E-state index contributed by atoms with van der Waals surface area (Å²) in [5.41, 5.74) is 4.07. The minimum absolute atomic E-state index is 0.0405. The van der Waals surface area contributed by atoms with Crippen molar-refractivity contribution < 1.29 is 4.79 Å². The Morgan fingerprint density at radius 3 is 1.91 bits per heavy atom. The molecule has 1 rings (SSSR count). The van der Waals surface area contributed by atoms with E-state index in [1.165, 1.54) is 0 Å². The first-order chi connectivity index (χ1) is 5.04. The van der Waals surface area contributed by atoms with E-state index in [2.05, 4.69) is 5.32 Å². The lowest BCUT2D eigenvalue weighted by Crippen LogP contribution is -2.16. The summed E-state index contributed by atoms with van der Waals surface area (Å²) in [5.74, 6) is 0.0405. The van der Waals surface area contributed by atoms with Crippen LogP contribution in [0.1, 0.15) is 27.7 Å². The molecule has 0 aliphatic carbocycles. The zero-order chi connectivity index (χ0) is 8.59. The molecule has 11 heavy (non-hydrogen) atoms. The van der Waals surface area contributed by atoms with E-state index in [1.54, 1.807) is 0 Å². The Bertz CT molecular complexity index is 267. The molecule has 0 radical (unpaired) electrons. The summed E-state index contributed by atoms with van der Waals surface area (Å²) in [6.07, 6.45) is 0. The summed E-state index contributed by atoms with van der Waals surface area (Å²) in [6.45, 7) is 7.81. The number of hydrogen-bond donors (Lipinski definition) is 1. The first-order valence-corrected chi connectivity index (χ1v) is 3.70. The van der Waals surface area contributed by atoms with E-state index in [0.29, 0.717) is 0 Å². The zero-order valence-corrected chi connectivity index (χ0v) is 7.41. The van der Waals surface area contributed by atoms with Gasteiger partial charge in [0.25, 0.3) is 5.91 Å². The predicted molar refractivity (Wildman–Crippen MR) is 44.9 cm³/mol. The molecule has 1 amide bonds. The van der Waals surface area contributed by atoms with Crippen LogP contribution in [0.25, 0.3) is 0 Å². The van der Waals surface area contributed by atoms with Gasteiger partial charge < -0.3 is 5.32 Å². The number of allylic oxidation sites excluding steroid dienone is 2. The maximum atomic E-state index is 11.1. The molecule has 1 N–H and O–H groups in total. The molecular weight excluding hydrogens is 138 g/mol. The van der Waals surface area contributed by atoms with E-state index in [9.17, 15) is 4.79 Å². The summed E-state index contributed by atoms with van der Waals surface area (Å²) < 4.78 is 0. The van der Waals surface area contributed by atoms with Gasteiger partial charge >= 0.3 is 0 Å². The van der Waals surface area contributed by atoms with Gasteiger partial charge in [0.2, 0.25) is 0 Å². The smallest absolute Gasteiger partial charge is 0.251 e. The fourth-order valence-corrected chi connectivity index (χ4v) is 1.16. The summed E-state index contributed by atoms with van der Waals surface area (Å²) in [4.78, 5) is 11.1. The zero-order valence-electron chi connectivity index (χ0n) is 7.41. The second-order valence-corrected chi connectivity index (χ2v) is 3.08. The molecule has 1 heterocycles. The highest BCUT2D eigenvalue weighted by Crippen LogP contribution is 2.21. The molecule has 0 aromatic carbocycles. The third-order valence-electron chi connectivity index (χ3n) is 2.02. The predicted octanol–water partition coefficient (Wildman–Crippen LogP) is 1.75. The quantitative estimate of drug-likeness (QED) is 0.561. The van der Waals surface area contributed by atoms with Gasteiger partial charge in [0.05, 0.1) is 0 Å². The fourth-order valence-electron chi connectivity index (χ4n) is 1.16. The van der Waals surface area contributed by atoms with Gasteiger partial charge in [0.15, 0.2) is 0 Å². The Morgan fingerprint density at radius 2 is 1.73 bits per heavy atom. The third-order valence-corrected chi connectivity index (χ3v) is 2.02. The topological polar surface area (TPSA) is 29.1 Å². The van der Waals surface area contributed by atoms with Crippen LogP contribution in [0.5, 0.6) is 0 Å². The molecule has 1 aliphatic rings. The Balaban J connectivity index is 3.15. The Kier molecular flexibility index (Phi) is 1.85. The SMILES string of the molecule is CC(C)=C1NC(=O)C(C)=C1C. The van der Waals surface area contributed by atoms with Crippen LogP contribution in [0.15, 0.2) is 22.4 Å². The van der Waals surface area contributed by atoms with Gasteiger partial charge in [-0.1, -0.05) is 5.57 Å². The van der Waals surface area contributed by atoms with E-state index < -0.39 is 0 Å². The van der Waals surface area contributed by atoms with Gasteiger partial charge in [0.1, 0.15) is 0 Å². The molecule has 0 spiro atoms. The average molecular weight is 151 g/mol. The summed E-state index contributed by atoms with van der Waals surface area (Å²) >= 11 is 0. The minimum atomic E-state index is 0.0405.